The Labute approximate surface area is 214 Å². The predicted molar refractivity (Wildman–Crippen MR) is 140 cm³/mol. The summed E-state index contributed by atoms with van der Waals surface area (Å²) in [5.74, 6) is 1.84. The van der Waals surface area contributed by atoms with E-state index in [9.17, 15) is 14.4 Å². The molecule has 0 radical (unpaired) electrons. The lowest BCUT2D eigenvalue weighted by Gasteiger charge is -2.60. The van der Waals surface area contributed by atoms with Gasteiger partial charge in [-0.2, -0.15) is 5.10 Å². The van der Waals surface area contributed by atoms with Crippen molar-refractivity contribution in [2.24, 2.45) is 23.2 Å². The van der Waals surface area contributed by atoms with Crippen LogP contribution in [0.3, 0.4) is 0 Å². The Morgan fingerprint density at radius 3 is 2.44 bits per heavy atom. The van der Waals surface area contributed by atoms with Crippen molar-refractivity contribution in [3.63, 3.8) is 0 Å². The van der Waals surface area contributed by atoms with Gasteiger partial charge in [0.25, 0.3) is 5.91 Å². The first kappa shape index (κ1) is 26.2. The SMILES string of the molecule is CCNC(=O)C(C)(C)/C=C/n1ncc(C(=O)N[C@H]2C3CC4CC2C[C@](NC(C)=O)(C4)C3)c1NC(C)C. The maximum atomic E-state index is 13.5. The van der Waals surface area contributed by atoms with Crippen LogP contribution in [-0.4, -0.2) is 51.7 Å². The Balaban J connectivity index is 1.52. The van der Waals surface area contributed by atoms with Gasteiger partial charge >= 0.3 is 0 Å². The minimum absolute atomic E-state index is 0.0396. The van der Waals surface area contributed by atoms with Crippen molar-refractivity contribution in [2.45, 2.75) is 91.3 Å². The third kappa shape index (κ3) is 5.30. The lowest BCUT2D eigenvalue weighted by molar-refractivity contribution is -0.127. The Bertz CT molecular complexity index is 1030. The van der Waals surface area contributed by atoms with Gasteiger partial charge in [-0.05, 0) is 84.5 Å². The van der Waals surface area contributed by atoms with Crippen molar-refractivity contribution in [1.82, 2.24) is 25.7 Å². The molecule has 4 aliphatic rings. The average Bonchev–Trinajstić information content (AvgIpc) is 3.15. The van der Waals surface area contributed by atoms with Gasteiger partial charge in [-0.3, -0.25) is 14.4 Å². The Morgan fingerprint density at radius 1 is 1.19 bits per heavy atom. The van der Waals surface area contributed by atoms with E-state index in [0.29, 0.717) is 35.7 Å². The topological polar surface area (TPSA) is 117 Å². The van der Waals surface area contributed by atoms with Gasteiger partial charge in [0.05, 0.1) is 11.6 Å². The monoisotopic (exact) mass is 498 g/mol. The molecule has 0 aromatic carbocycles. The number of anilines is 1. The standard InChI is InChI=1S/C27H42N6O3/c1-7-28-25(36)26(5,6)8-9-33-23(30-16(2)3)21(15-29-33)24(35)31-22-19-10-18-11-20(22)14-27(12-18,13-19)32-17(4)34/h8-9,15-16,18-20,22,30H,7,10-14H2,1-6H3,(H,28,36)(H,31,35)(H,32,34)/b9-8+/t18?,19?,20?,22-,27-. The summed E-state index contributed by atoms with van der Waals surface area (Å²) in [6.07, 6.45) is 10.3. The number of hydrogen-bond donors (Lipinski definition) is 4. The van der Waals surface area contributed by atoms with Crippen molar-refractivity contribution in [3.8, 4) is 0 Å². The Morgan fingerprint density at radius 2 is 1.86 bits per heavy atom. The molecule has 1 aromatic rings. The Kier molecular flexibility index (Phi) is 7.21. The normalized spacial score (nSPS) is 29.0. The third-order valence-electron chi connectivity index (χ3n) is 8.03. The van der Waals surface area contributed by atoms with E-state index in [-0.39, 0.29) is 35.3 Å². The zero-order valence-electron chi connectivity index (χ0n) is 22.5. The van der Waals surface area contributed by atoms with Gasteiger partial charge in [0.1, 0.15) is 11.4 Å². The van der Waals surface area contributed by atoms with Crippen LogP contribution in [0.1, 0.15) is 84.0 Å². The van der Waals surface area contributed by atoms with Gasteiger partial charge in [-0.25, -0.2) is 4.68 Å². The molecule has 9 heteroatoms. The van der Waals surface area contributed by atoms with Crippen LogP contribution in [0, 0.1) is 23.2 Å². The summed E-state index contributed by atoms with van der Waals surface area (Å²) in [6, 6.07) is 0.203. The lowest BCUT2D eigenvalue weighted by Crippen LogP contribution is -2.66. The van der Waals surface area contributed by atoms with Crippen molar-refractivity contribution < 1.29 is 14.4 Å². The van der Waals surface area contributed by atoms with Crippen LogP contribution in [0.4, 0.5) is 5.82 Å². The smallest absolute Gasteiger partial charge is 0.256 e. The van der Waals surface area contributed by atoms with E-state index in [0.717, 1.165) is 32.1 Å². The number of amides is 3. The van der Waals surface area contributed by atoms with Crippen molar-refractivity contribution in [1.29, 1.82) is 0 Å². The molecule has 4 N–H and O–H groups in total. The van der Waals surface area contributed by atoms with E-state index in [1.807, 2.05) is 34.6 Å². The van der Waals surface area contributed by atoms with E-state index in [4.69, 9.17) is 0 Å². The lowest BCUT2D eigenvalue weighted by atomic mass is 9.51. The zero-order chi connectivity index (χ0) is 26.3. The third-order valence-corrected chi connectivity index (χ3v) is 8.03. The summed E-state index contributed by atoms with van der Waals surface area (Å²) in [5.41, 5.74) is -0.320. The van der Waals surface area contributed by atoms with Crippen LogP contribution in [0.15, 0.2) is 12.3 Å². The largest absolute Gasteiger partial charge is 0.367 e. The van der Waals surface area contributed by atoms with Gasteiger partial charge in [0.2, 0.25) is 11.8 Å². The van der Waals surface area contributed by atoms with Crippen molar-refractivity contribution in [2.75, 3.05) is 11.9 Å². The van der Waals surface area contributed by atoms with Crippen LogP contribution in [-0.2, 0) is 9.59 Å². The van der Waals surface area contributed by atoms with Crippen molar-refractivity contribution >= 4 is 29.7 Å². The molecular weight excluding hydrogens is 456 g/mol. The predicted octanol–water partition coefficient (Wildman–Crippen LogP) is 3.15. The second kappa shape index (κ2) is 9.90. The van der Waals surface area contributed by atoms with Crippen molar-refractivity contribution in [3.05, 3.63) is 17.8 Å². The highest BCUT2D eigenvalue weighted by atomic mass is 16.2. The summed E-state index contributed by atoms with van der Waals surface area (Å²) < 4.78 is 1.64. The number of carbonyl (C=O) groups excluding carboxylic acids is 3. The van der Waals surface area contributed by atoms with Gasteiger partial charge in [0, 0.05) is 37.3 Å². The Hall–Kier alpha value is -2.84. The minimum atomic E-state index is -0.719. The molecule has 3 amide bonds. The molecular formula is C27H42N6O3. The number of nitrogens with zero attached hydrogens (tertiary/aromatic N) is 2. The van der Waals surface area contributed by atoms with E-state index in [1.165, 1.54) is 0 Å². The molecule has 36 heavy (non-hydrogen) atoms. The number of hydrogen-bond acceptors (Lipinski definition) is 5. The van der Waals surface area contributed by atoms with E-state index < -0.39 is 5.41 Å². The van der Waals surface area contributed by atoms with Gasteiger partial charge in [0.15, 0.2) is 0 Å². The summed E-state index contributed by atoms with van der Waals surface area (Å²) in [6.45, 7) is 11.8. The van der Waals surface area contributed by atoms with Crippen LogP contribution in [0.5, 0.6) is 0 Å². The molecule has 0 aliphatic heterocycles. The molecule has 5 rings (SSSR count). The van der Waals surface area contributed by atoms with Crippen LogP contribution in [0.2, 0.25) is 0 Å². The maximum Gasteiger partial charge on any atom is 0.256 e. The molecule has 0 spiro atoms. The highest BCUT2D eigenvalue weighted by Gasteiger charge is 2.56. The van der Waals surface area contributed by atoms with Gasteiger partial charge in [-0.1, -0.05) is 6.08 Å². The molecule has 4 aliphatic carbocycles. The fraction of sp³-hybridized carbons (Fsp3) is 0.704. The number of rotatable bonds is 9. The first-order chi connectivity index (χ1) is 16.9. The second-order valence-electron chi connectivity index (χ2n) is 12.0. The molecule has 198 valence electrons. The summed E-state index contributed by atoms with van der Waals surface area (Å²) in [5, 5.41) is 17.3. The highest BCUT2D eigenvalue weighted by Crippen LogP contribution is 2.55. The van der Waals surface area contributed by atoms with Crippen LogP contribution in [0.25, 0.3) is 6.20 Å². The summed E-state index contributed by atoms with van der Waals surface area (Å²) in [7, 11) is 0. The van der Waals surface area contributed by atoms with E-state index in [2.05, 4.69) is 26.4 Å². The summed E-state index contributed by atoms with van der Waals surface area (Å²) >= 11 is 0. The molecule has 1 aromatic heterocycles. The maximum absolute atomic E-state index is 13.5. The van der Waals surface area contributed by atoms with Gasteiger partial charge < -0.3 is 21.3 Å². The second-order valence-corrected chi connectivity index (χ2v) is 12.0. The van der Waals surface area contributed by atoms with E-state index in [1.54, 1.807) is 30.1 Å². The molecule has 9 nitrogen and oxygen atoms in total. The summed E-state index contributed by atoms with van der Waals surface area (Å²) in [4.78, 5) is 37.8. The number of carbonyl (C=O) groups is 3. The molecule has 4 bridgehead atoms. The van der Waals surface area contributed by atoms with Crippen LogP contribution < -0.4 is 21.3 Å². The molecule has 4 saturated carbocycles. The quantitative estimate of drug-likeness (QED) is 0.417. The number of nitrogens with one attached hydrogen (secondary N) is 4. The highest BCUT2D eigenvalue weighted by molar-refractivity contribution is 5.99. The van der Waals surface area contributed by atoms with E-state index >= 15 is 0 Å². The first-order valence-corrected chi connectivity index (χ1v) is 13.3. The molecule has 1 heterocycles. The van der Waals surface area contributed by atoms with Crippen LogP contribution >= 0.6 is 0 Å². The first-order valence-electron chi connectivity index (χ1n) is 13.3. The van der Waals surface area contributed by atoms with Gasteiger partial charge in [-0.15, -0.1) is 0 Å². The zero-order valence-corrected chi connectivity index (χ0v) is 22.5. The molecule has 2 unspecified atom stereocenters. The minimum Gasteiger partial charge on any atom is -0.367 e. The average molecular weight is 499 g/mol. The fourth-order valence-corrected chi connectivity index (χ4v) is 6.80. The molecule has 0 saturated heterocycles. The fourth-order valence-electron chi connectivity index (χ4n) is 6.80. The molecule has 4 fully saturated rings. The molecule has 2 atom stereocenters. The number of aromatic nitrogens is 2.